The minimum absolute atomic E-state index is 0.140. The third kappa shape index (κ3) is 3.67. The van der Waals surface area contributed by atoms with E-state index in [-0.39, 0.29) is 5.91 Å². The molecule has 0 fully saturated rings. The number of hydrogen-bond donors (Lipinski definition) is 2. The number of nitrogen functional groups attached to an aromatic ring is 1. The van der Waals surface area contributed by atoms with Gasteiger partial charge in [0.2, 0.25) is 0 Å². The van der Waals surface area contributed by atoms with Crippen molar-refractivity contribution in [3.63, 3.8) is 0 Å². The summed E-state index contributed by atoms with van der Waals surface area (Å²) in [5, 5.41) is 3.48. The highest BCUT2D eigenvalue weighted by molar-refractivity contribution is 6.30. The van der Waals surface area contributed by atoms with Crippen LogP contribution in [0.1, 0.15) is 21.5 Å². The first kappa shape index (κ1) is 15.2. The molecule has 4 nitrogen and oxygen atoms in total. The van der Waals surface area contributed by atoms with Crippen LogP contribution in [0.2, 0.25) is 5.02 Å². The van der Waals surface area contributed by atoms with Crippen molar-refractivity contribution in [1.82, 2.24) is 5.32 Å². The van der Waals surface area contributed by atoms with Crippen molar-refractivity contribution < 1.29 is 9.53 Å². The van der Waals surface area contributed by atoms with Crippen LogP contribution in [-0.4, -0.2) is 13.0 Å². The van der Waals surface area contributed by atoms with E-state index < -0.39 is 0 Å². The van der Waals surface area contributed by atoms with Crippen LogP contribution in [0.3, 0.4) is 0 Å². The largest absolute Gasteiger partial charge is 0.495 e. The van der Waals surface area contributed by atoms with Crippen molar-refractivity contribution in [3.8, 4) is 5.75 Å². The number of methoxy groups -OCH3 is 1. The van der Waals surface area contributed by atoms with Gasteiger partial charge in [-0.05, 0) is 48.4 Å². The number of hydrogen-bond acceptors (Lipinski definition) is 3. The van der Waals surface area contributed by atoms with E-state index in [0.717, 1.165) is 11.1 Å². The SMILES string of the molecule is COc1ccc(CNC(=O)c2ccc(Cl)cc2C)cc1N. The number of nitrogens with one attached hydrogen (secondary N) is 1. The lowest BCUT2D eigenvalue weighted by Crippen LogP contribution is -2.23. The molecule has 0 aliphatic heterocycles. The molecule has 3 N–H and O–H groups in total. The fourth-order valence-corrected chi connectivity index (χ4v) is 2.28. The molecule has 0 saturated heterocycles. The molecule has 21 heavy (non-hydrogen) atoms. The normalized spacial score (nSPS) is 10.2. The first-order valence-corrected chi connectivity index (χ1v) is 6.86. The lowest BCUT2D eigenvalue weighted by atomic mass is 10.1. The maximum atomic E-state index is 12.1. The molecule has 0 radical (unpaired) electrons. The van der Waals surface area contributed by atoms with E-state index in [1.54, 1.807) is 37.4 Å². The molecule has 5 heteroatoms. The van der Waals surface area contributed by atoms with Crippen LogP contribution in [0.25, 0.3) is 0 Å². The van der Waals surface area contributed by atoms with E-state index >= 15 is 0 Å². The van der Waals surface area contributed by atoms with Gasteiger partial charge in [0.15, 0.2) is 0 Å². The van der Waals surface area contributed by atoms with Gasteiger partial charge in [0.1, 0.15) is 5.75 Å². The van der Waals surface area contributed by atoms with Gasteiger partial charge in [0.05, 0.1) is 12.8 Å². The number of aryl methyl sites for hydroxylation is 1. The summed E-state index contributed by atoms with van der Waals surface area (Å²) in [4.78, 5) is 12.1. The quantitative estimate of drug-likeness (QED) is 0.853. The maximum Gasteiger partial charge on any atom is 0.251 e. The standard InChI is InChI=1S/C16H17ClN2O2/c1-10-7-12(17)4-5-13(10)16(20)19-9-11-3-6-15(21-2)14(18)8-11/h3-8H,9,18H2,1-2H3,(H,19,20). The summed E-state index contributed by atoms with van der Waals surface area (Å²) in [7, 11) is 1.57. The summed E-state index contributed by atoms with van der Waals surface area (Å²) >= 11 is 5.88. The van der Waals surface area contributed by atoms with Crippen LogP contribution < -0.4 is 15.8 Å². The lowest BCUT2D eigenvalue weighted by Gasteiger charge is -2.10. The monoisotopic (exact) mass is 304 g/mol. The second-order valence-corrected chi connectivity index (χ2v) is 5.15. The van der Waals surface area contributed by atoms with Crippen LogP contribution in [-0.2, 0) is 6.54 Å². The van der Waals surface area contributed by atoms with Gasteiger partial charge in [0.25, 0.3) is 5.91 Å². The Balaban J connectivity index is 2.05. The number of carbonyl (C=O) groups excluding carboxylic acids is 1. The second kappa shape index (κ2) is 6.50. The number of halogens is 1. The third-order valence-corrected chi connectivity index (χ3v) is 3.42. The fourth-order valence-electron chi connectivity index (χ4n) is 2.05. The minimum atomic E-state index is -0.140. The van der Waals surface area contributed by atoms with Crippen molar-refractivity contribution >= 4 is 23.2 Å². The Morgan fingerprint density at radius 1 is 1.29 bits per heavy atom. The van der Waals surface area contributed by atoms with Crippen LogP contribution in [0.15, 0.2) is 36.4 Å². The second-order valence-electron chi connectivity index (χ2n) is 4.72. The van der Waals surface area contributed by atoms with Crippen LogP contribution in [0, 0.1) is 6.92 Å². The molecule has 2 rings (SSSR count). The van der Waals surface area contributed by atoms with Gasteiger partial charge in [-0.2, -0.15) is 0 Å². The fraction of sp³-hybridized carbons (Fsp3) is 0.188. The van der Waals surface area contributed by atoms with Crippen molar-refractivity contribution in [2.75, 3.05) is 12.8 Å². The number of nitrogens with two attached hydrogens (primary N) is 1. The average Bonchev–Trinajstić information content (AvgIpc) is 2.45. The highest BCUT2D eigenvalue weighted by Gasteiger charge is 2.09. The van der Waals surface area contributed by atoms with Gasteiger partial charge in [-0.3, -0.25) is 4.79 Å². The van der Waals surface area contributed by atoms with E-state index in [2.05, 4.69) is 5.32 Å². The topological polar surface area (TPSA) is 64.3 Å². The zero-order valence-electron chi connectivity index (χ0n) is 11.9. The lowest BCUT2D eigenvalue weighted by molar-refractivity contribution is 0.0950. The Kier molecular flexibility index (Phi) is 4.70. The number of anilines is 1. The molecule has 2 aromatic rings. The summed E-state index contributed by atoms with van der Waals surface area (Å²) in [6, 6.07) is 10.6. The molecule has 0 heterocycles. The number of carbonyl (C=O) groups is 1. The van der Waals surface area contributed by atoms with Crippen LogP contribution in [0.4, 0.5) is 5.69 Å². The molecule has 0 spiro atoms. The van der Waals surface area contributed by atoms with Gasteiger partial charge >= 0.3 is 0 Å². The third-order valence-electron chi connectivity index (χ3n) is 3.18. The van der Waals surface area contributed by atoms with Gasteiger partial charge in [0, 0.05) is 17.1 Å². The Morgan fingerprint density at radius 3 is 2.67 bits per heavy atom. The molecular weight excluding hydrogens is 288 g/mol. The van der Waals surface area contributed by atoms with Crippen LogP contribution in [0.5, 0.6) is 5.75 Å². The van der Waals surface area contributed by atoms with Crippen molar-refractivity contribution in [3.05, 3.63) is 58.1 Å². The van der Waals surface area contributed by atoms with Gasteiger partial charge in [-0.1, -0.05) is 17.7 Å². The molecule has 0 aliphatic rings. The van der Waals surface area contributed by atoms with E-state index in [1.807, 2.05) is 13.0 Å². The Bertz CT molecular complexity index is 671. The number of rotatable bonds is 4. The molecule has 0 aliphatic carbocycles. The first-order valence-electron chi connectivity index (χ1n) is 6.48. The molecule has 0 saturated carbocycles. The van der Waals surface area contributed by atoms with E-state index in [4.69, 9.17) is 22.1 Å². The van der Waals surface area contributed by atoms with Gasteiger partial charge < -0.3 is 15.8 Å². The van der Waals surface area contributed by atoms with Crippen molar-refractivity contribution in [2.24, 2.45) is 0 Å². The smallest absolute Gasteiger partial charge is 0.251 e. The summed E-state index contributed by atoms with van der Waals surface area (Å²) in [5.41, 5.74) is 8.75. The summed E-state index contributed by atoms with van der Waals surface area (Å²) in [6.45, 7) is 2.25. The predicted octanol–water partition coefficient (Wildman–Crippen LogP) is 3.17. The average molecular weight is 305 g/mol. The molecule has 2 aromatic carbocycles. The number of benzene rings is 2. The summed E-state index contributed by atoms with van der Waals surface area (Å²) < 4.78 is 5.10. The molecule has 1 amide bonds. The maximum absolute atomic E-state index is 12.1. The van der Waals surface area contributed by atoms with Gasteiger partial charge in [-0.15, -0.1) is 0 Å². The highest BCUT2D eigenvalue weighted by atomic mass is 35.5. The number of amides is 1. The molecule has 0 unspecified atom stereocenters. The molecule has 0 bridgehead atoms. The Labute approximate surface area is 128 Å². The summed E-state index contributed by atoms with van der Waals surface area (Å²) in [5.74, 6) is 0.483. The zero-order chi connectivity index (χ0) is 15.4. The molecule has 0 aromatic heterocycles. The van der Waals surface area contributed by atoms with Crippen molar-refractivity contribution in [2.45, 2.75) is 13.5 Å². The zero-order valence-corrected chi connectivity index (χ0v) is 12.7. The van der Waals surface area contributed by atoms with E-state index in [0.29, 0.717) is 28.6 Å². The molecule has 0 atom stereocenters. The Morgan fingerprint density at radius 2 is 2.05 bits per heavy atom. The van der Waals surface area contributed by atoms with Gasteiger partial charge in [-0.25, -0.2) is 0 Å². The molecular formula is C16H17ClN2O2. The van der Waals surface area contributed by atoms with E-state index in [9.17, 15) is 4.79 Å². The van der Waals surface area contributed by atoms with Crippen LogP contribution >= 0.6 is 11.6 Å². The molecule has 110 valence electrons. The minimum Gasteiger partial charge on any atom is -0.495 e. The van der Waals surface area contributed by atoms with Crippen molar-refractivity contribution in [1.29, 1.82) is 0 Å². The number of ether oxygens (including phenoxy) is 1. The Hall–Kier alpha value is -2.20. The predicted molar refractivity (Wildman–Crippen MR) is 84.8 cm³/mol. The van der Waals surface area contributed by atoms with E-state index in [1.165, 1.54) is 0 Å². The highest BCUT2D eigenvalue weighted by Crippen LogP contribution is 2.22. The first-order chi connectivity index (χ1) is 10.0. The summed E-state index contributed by atoms with van der Waals surface area (Å²) in [6.07, 6.45) is 0.